The molecule has 2 aromatic carbocycles. The zero-order valence-corrected chi connectivity index (χ0v) is 21.6. The zero-order chi connectivity index (χ0) is 25.3. The third-order valence-corrected chi connectivity index (χ3v) is 9.89. The molecule has 36 heavy (non-hydrogen) atoms. The van der Waals surface area contributed by atoms with E-state index in [0.29, 0.717) is 25.4 Å². The minimum Gasteiger partial charge on any atom is -0.341 e. The van der Waals surface area contributed by atoms with Crippen molar-refractivity contribution in [3.05, 3.63) is 60.7 Å². The summed E-state index contributed by atoms with van der Waals surface area (Å²) in [6.07, 6.45) is 2.73. The second-order valence-corrected chi connectivity index (χ2v) is 12.2. The molecule has 0 aliphatic carbocycles. The molecular formula is C27H34N4O4S. The van der Waals surface area contributed by atoms with Crippen LogP contribution in [0.4, 0.5) is 5.69 Å². The highest BCUT2D eigenvalue weighted by atomic mass is 32.2. The third-order valence-electron chi connectivity index (χ3n) is 7.97. The quantitative estimate of drug-likeness (QED) is 0.618. The lowest BCUT2D eigenvalue weighted by molar-refractivity contribution is -0.141. The van der Waals surface area contributed by atoms with Gasteiger partial charge in [0.2, 0.25) is 21.8 Å². The average Bonchev–Trinajstić information content (AvgIpc) is 3.16. The van der Waals surface area contributed by atoms with Crippen molar-refractivity contribution in [1.29, 1.82) is 0 Å². The second-order valence-electron chi connectivity index (χ2n) is 10.2. The van der Waals surface area contributed by atoms with Crippen LogP contribution in [0.2, 0.25) is 0 Å². The van der Waals surface area contributed by atoms with E-state index in [1.54, 1.807) is 35.2 Å². The van der Waals surface area contributed by atoms with Crippen LogP contribution in [0.5, 0.6) is 0 Å². The summed E-state index contributed by atoms with van der Waals surface area (Å²) in [5.41, 5.74) is 0.0489. The topological polar surface area (TPSA) is 81.2 Å². The van der Waals surface area contributed by atoms with Crippen LogP contribution < -0.4 is 4.90 Å². The van der Waals surface area contributed by atoms with Crippen LogP contribution in [0, 0.1) is 5.92 Å². The largest absolute Gasteiger partial charge is 0.341 e. The predicted octanol–water partition coefficient (Wildman–Crippen LogP) is 2.77. The Morgan fingerprint density at radius 3 is 2.11 bits per heavy atom. The number of sulfonamides is 1. The van der Waals surface area contributed by atoms with Crippen LogP contribution in [0.25, 0.3) is 0 Å². The van der Waals surface area contributed by atoms with Gasteiger partial charge in [0.1, 0.15) is 12.1 Å². The maximum Gasteiger partial charge on any atom is 0.250 e. The van der Waals surface area contributed by atoms with Crippen molar-refractivity contribution in [3.63, 3.8) is 0 Å². The molecule has 8 nitrogen and oxygen atoms in total. The van der Waals surface area contributed by atoms with Crippen molar-refractivity contribution < 1.29 is 18.0 Å². The molecule has 3 aliphatic rings. The van der Waals surface area contributed by atoms with Gasteiger partial charge in [-0.25, -0.2) is 8.42 Å². The van der Waals surface area contributed by atoms with Crippen molar-refractivity contribution in [2.75, 3.05) is 44.3 Å². The Morgan fingerprint density at radius 2 is 1.50 bits per heavy atom. The number of anilines is 1. The number of hydrogen-bond acceptors (Lipinski definition) is 5. The Kier molecular flexibility index (Phi) is 6.78. The summed E-state index contributed by atoms with van der Waals surface area (Å²) >= 11 is 0. The first-order chi connectivity index (χ1) is 17.3. The molecule has 192 valence electrons. The van der Waals surface area contributed by atoms with Gasteiger partial charge >= 0.3 is 0 Å². The zero-order valence-electron chi connectivity index (χ0n) is 20.8. The molecule has 0 aromatic heterocycles. The van der Waals surface area contributed by atoms with E-state index in [1.165, 1.54) is 4.31 Å². The van der Waals surface area contributed by atoms with E-state index in [0.717, 1.165) is 31.6 Å². The maximum absolute atomic E-state index is 13.9. The van der Waals surface area contributed by atoms with Gasteiger partial charge in [0.05, 0.1) is 11.6 Å². The van der Waals surface area contributed by atoms with E-state index in [9.17, 15) is 18.0 Å². The number of piperidine rings is 2. The van der Waals surface area contributed by atoms with Gasteiger partial charge in [-0.05, 0) is 55.9 Å². The van der Waals surface area contributed by atoms with Crippen LogP contribution in [-0.2, 0) is 19.6 Å². The van der Waals surface area contributed by atoms with Gasteiger partial charge in [-0.3, -0.25) is 9.59 Å². The number of amides is 2. The molecule has 3 fully saturated rings. The molecule has 0 atom stereocenters. The Labute approximate surface area is 213 Å². The normalized spacial score (nSPS) is 21.4. The molecular weight excluding hydrogens is 476 g/mol. The van der Waals surface area contributed by atoms with E-state index in [4.69, 9.17) is 0 Å². The minimum absolute atomic E-state index is 0.00981. The van der Waals surface area contributed by atoms with Gasteiger partial charge in [0, 0.05) is 31.9 Å². The molecule has 3 saturated heterocycles. The van der Waals surface area contributed by atoms with Gasteiger partial charge in [-0.1, -0.05) is 43.3 Å². The number of likely N-dealkylation sites (tertiary alicyclic amines) is 1. The molecule has 2 amide bonds. The van der Waals surface area contributed by atoms with Crippen LogP contribution in [-0.4, -0.2) is 79.3 Å². The van der Waals surface area contributed by atoms with E-state index in [2.05, 4.69) is 11.8 Å². The number of carbonyl (C=O) groups is 2. The molecule has 0 unspecified atom stereocenters. The van der Waals surface area contributed by atoms with Crippen molar-refractivity contribution in [2.45, 2.75) is 43.0 Å². The van der Waals surface area contributed by atoms with Crippen molar-refractivity contribution in [3.8, 4) is 0 Å². The molecule has 0 bridgehead atoms. The minimum atomic E-state index is -3.63. The van der Waals surface area contributed by atoms with Crippen LogP contribution >= 0.6 is 0 Å². The molecule has 2 aromatic rings. The summed E-state index contributed by atoms with van der Waals surface area (Å²) in [5, 5.41) is 0. The third kappa shape index (κ3) is 4.50. The summed E-state index contributed by atoms with van der Waals surface area (Å²) in [6, 6.07) is 18.2. The summed E-state index contributed by atoms with van der Waals surface area (Å²) in [6.45, 7) is 4.56. The van der Waals surface area contributed by atoms with E-state index in [-0.39, 0.29) is 36.3 Å². The highest BCUT2D eigenvalue weighted by Gasteiger charge is 2.55. The van der Waals surface area contributed by atoms with E-state index in [1.807, 2.05) is 35.2 Å². The maximum atomic E-state index is 13.9. The fourth-order valence-electron chi connectivity index (χ4n) is 5.68. The number of hydrogen-bond donors (Lipinski definition) is 0. The van der Waals surface area contributed by atoms with Gasteiger partial charge in [-0.2, -0.15) is 4.31 Å². The summed E-state index contributed by atoms with van der Waals surface area (Å²) in [7, 11) is -3.63. The number of nitrogens with zero attached hydrogens (tertiary/aromatic N) is 4. The number of carbonyl (C=O) groups excluding carboxylic acids is 2. The lowest BCUT2D eigenvalue weighted by Gasteiger charge is -2.42. The lowest BCUT2D eigenvalue weighted by atomic mass is 9.86. The monoisotopic (exact) mass is 510 g/mol. The molecule has 3 aliphatic heterocycles. The van der Waals surface area contributed by atoms with Gasteiger partial charge in [0.25, 0.3) is 0 Å². The fourth-order valence-corrected chi connectivity index (χ4v) is 7.14. The molecule has 5 rings (SSSR count). The lowest BCUT2D eigenvalue weighted by Crippen LogP contribution is -2.57. The van der Waals surface area contributed by atoms with Crippen molar-refractivity contribution in [1.82, 2.24) is 14.1 Å². The Bertz CT molecular complexity index is 1190. The molecule has 3 heterocycles. The highest BCUT2D eigenvalue weighted by Crippen LogP contribution is 2.40. The van der Waals surface area contributed by atoms with Crippen LogP contribution in [0.3, 0.4) is 0 Å². The first kappa shape index (κ1) is 24.8. The first-order valence-electron chi connectivity index (χ1n) is 12.8. The molecule has 1 spiro atoms. The van der Waals surface area contributed by atoms with E-state index >= 15 is 0 Å². The standard InChI is InChI=1S/C27H34N4O4S/c1-22-12-16-28(17-13-22)25(32)20-29-21-31(23-8-4-2-5-9-23)27(26(29)33)14-18-30(19-15-27)36(34,35)24-10-6-3-7-11-24/h2-11,22H,12-21H2,1H3. The second kappa shape index (κ2) is 9.86. The Balaban J connectivity index is 1.36. The Hall–Kier alpha value is -2.91. The van der Waals surface area contributed by atoms with Crippen molar-refractivity contribution in [2.24, 2.45) is 5.92 Å². The van der Waals surface area contributed by atoms with E-state index < -0.39 is 15.6 Å². The SMILES string of the molecule is CC1CCN(C(=O)CN2CN(c3ccccc3)C3(CCN(S(=O)(=O)c4ccccc4)CC3)C2=O)CC1. The number of rotatable bonds is 5. The highest BCUT2D eigenvalue weighted by molar-refractivity contribution is 7.89. The molecule has 0 radical (unpaired) electrons. The average molecular weight is 511 g/mol. The van der Waals surface area contributed by atoms with Gasteiger partial charge < -0.3 is 14.7 Å². The summed E-state index contributed by atoms with van der Waals surface area (Å²) < 4.78 is 27.9. The summed E-state index contributed by atoms with van der Waals surface area (Å²) in [5.74, 6) is 0.530. The molecule has 9 heteroatoms. The van der Waals surface area contributed by atoms with Gasteiger partial charge in [0.15, 0.2) is 0 Å². The number of para-hydroxylation sites is 1. The first-order valence-corrected chi connectivity index (χ1v) is 14.2. The van der Waals surface area contributed by atoms with Crippen LogP contribution in [0.1, 0.15) is 32.6 Å². The molecule has 0 saturated carbocycles. The fraction of sp³-hybridized carbons (Fsp3) is 0.481. The Morgan fingerprint density at radius 1 is 0.917 bits per heavy atom. The smallest absolute Gasteiger partial charge is 0.250 e. The molecule has 0 N–H and O–H groups in total. The van der Waals surface area contributed by atoms with Crippen molar-refractivity contribution >= 4 is 27.5 Å². The number of benzene rings is 2. The predicted molar refractivity (Wildman–Crippen MR) is 138 cm³/mol. The summed E-state index contributed by atoms with van der Waals surface area (Å²) in [4.78, 5) is 32.9. The van der Waals surface area contributed by atoms with Gasteiger partial charge in [-0.15, -0.1) is 0 Å². The van der Waals surface area contributed by atoms with Crippen LogP contribution in [0.15, 0.2) is 65.6 Å².